The van der Waals surface area contributed by atoms with Crippen LogP contribution in [-0.4, -0.2) is 28.6 Å². The monoisotopic (exact) mass is 399 g/mol. The van der Waals surface area contributed by atoms with Gasteiger partial charge in [0.05, 0.1) is 10.6 Å². The van der Waals surface area contributed by atoms with Crippen molar-refractivity contribution in [3.05, 3.63) is 75.8 Å². The second-order valence-electron chi connectivity index (χ2n) is 5.87. The first kappa shape index (κ1) is 19.7. The Labute approximate surface area is 163 Å². The Morgan fingerprint density at radius 2 is 1.97 bits per heavy atom. The number of halogens is 1. The Hall–Kier alpha value is -4.08. The quantitative estimate of drug-likeness (QED) is 0.382. The van der Waals surface area contributed by atoms with E-state index in [0.29, 0.717) is 5.56 Å². The number of ether oxygens (including phenoxy) is 1. The van der Waals surface area contributed by atoms with Gasteiger partial charge in [-0.2, -0.15) is 0 Å². The molecule has 1 amide bonds. The van der Waals surface area contributed by atoms with E-state index in [9.17, 15) is 24.1 Å². The number of carbonyl (C=O) groups excluding carboxylic acids is 2. The molecule has 1 aromatic heterocycles. The van der Waals surface area contributed by atoms with Crippen LogP contribution in [0.1, 0.15) is 16.1 Å². The Bertz CT molecular complexity index is 1080. The zero-order valence-electron chi connectivity index (χ0n) is 15.0. The first-order valence-corrected chi connectivity index (χ1v) is 8.29. The maximum Gasteiger partial charge on any atom is 0.344 e. The molecule has 0 atom stereocenters. The number of rotatable bonds is 6. The van der Waals surface area contributed by atoms with Gasteiger partial charge in [0.25, 0.3) is 11.6 Å². The van der Waals surface area contributed by atoms with E-state index in [4.69, 9.17) is 9.26 Å². The van der Waals surface area contributed by atoms with Gasteiger partial charge in [-0.15, -0.1) is 0 Å². The number of aromatic nitrogens is 1. The number of nitrogens with one attached hydrogen (secondary N) is 1. The topological polar surface area (TPSA) is 125 Å². The summed E-state index contributed by atoms with van der Waals surface area (Å²) in [4.78, 5) is 34.5. The summed E-state index contributed by atoms with van der Waals surface area (Å²) in [6.07, 6.45) is 0. The number of hydrogen-bond acceptors (Lipinski definition) is 7. The van der Waals surface area contributed by atoms with Gasteiger partial charge in [0.1, 0.15) is 22.8 Å². The number of nitro benzene ring substituents is 1. The van der Waals surface area contributed by atoms with Crippen molar-refractivity contribution in [2.75, 3.05) is 11.9 Å². The van der Waals surface area contributed by atoms with E-state index in [1.807, 2.05) is 0 Å². The Balaban J connectivity index is 1.69. The van der Waals surface area contributed by atoms with Crippen molar-refractivity contribution in [3.8, 4) is 11.3 Å². The number of esters is 1. The molecule has 0 unspecified atom stereocenters. The summed E-state index contributed by atoms with van der Waals surface area (Å²) in [6, 6.07) is 11.5. The van der Waals surface area contributed by atoms with Crippen molar-refractivity contribution < 1.29 is 28.2 Å². The minimum absolute atomic E-state index is 0.0607. The molecule has 2 aromatic carbocycles. The molecule has 3 aromatic rings. The molecule has 148 valence electrons. The first-order valence-electron chi connectivity index (χ1n) is 8.29. The molecule has 1 N–H and O–H groups in total. The summed E-state index contributed by atoms with van der Waals surface area (Å²) >= 11 is 0. The van der Waals surface area contributed by atoms with Crippen LogP contribution in [0.2, 0.25) is 0 Å². The molecule has 0 aliphatic heterocycles. The first-order chi connectivity index (χ1) is 13.9. The standard InChI is InChI=1S/C19H14FN3O6/c1-11-17(18(22-29-11)12-5-3-2-4-6-12)19(25)28-10-16(24)21-15-9-13(23(26)27)7-8-14(15)20/h2-9H,10H2,1H3,(H,21,24). The number of nitro groups is 1. The highest BCUT2D eigenvalue weighted by Gasteiger charge is 2.24. The van der Waals surface area contributed by atoms with E-state index < -0.39 is 40.6 Å². The fraction of sp³-hybridized carbons (Fsp3) is 0.105. The average Bonchev–Trinajstić information content (AvgIpc) is 3.10. The van der Waals surface area contributed by atoms with Gasteiger partial charge in [0, 0.05) is 17.7 Å². The van der Waals surface area contributed by atoms with Crippen LogP contribution in [0.15, 0.2) is 53.1 Å². The minimum atomic E-state index is -0.867. The lowest BCUT2D eigenvalue weighted by molar-refractivity contribution is -0.384. The van der Waals surface area contributed by atoms with Gasteiger partial charge >= 0.3 is 5.97 Å². The number of aryl methyl sites for hydroxylation is 1. The van der Waals surface area contributed by atoms with Crippen LogP contribution in [0, 0.1) is 22.9 Å². The molecule has 10 heteroatoms. The lowest BCUT2D eigenvalue weighted by atomic mass is 10.1. The van der Waals surface area contributed by atoms with Crippen molar-refractivity contribution in [2.45, 2.75) is 6.92 Å². The lowest BCUT2D eigenvalue weighted by Crippen LogP contribution is -2.22. The van der Waals surface area contributed by atoms with Gasteiger partial charge in [-0.05, 0) is 13.0 Å². The molecule has 0 spiro atoms. The fourth-order valence-corrected chi connectivity index (χ4v) is 2.52. The van der Waals surface area contributed by atoms with Gasteiger partial charge in [-0.1, -0.05) is 35.5 Å². The number of benzene rings is 2. The summed E-state index contributed by atoms with van der Waals surface area (Å²) in [6.45, 7) is 0.786. The molecule has 3 rings (SSSR count). The van der Waals surface area contributed by atoms with Crippen molar-refractivity contribution in [2.24, 2.45) is 0 Å². The van der Waals surface area contributed by atoms with Gasteiger partial charge in [-0.25, -0.2) is 9.18 Å². The number of non-ortho nitro benzene ring substituents is 1. The van der Waals surface area contributed by atoms with E-state index in [2.05, 4.69) is 10.5 Å². The molecule has 9 nitrogen and oxygen atoms in total. The van der Waals surface area contributed by atoms with E-state index >= 15 is 0 Å². The third-order valence-corrected chi connectivity index (χ3v) is 3.88. The highest BCUT2D eigenvalue weighted by Crippen LogP contribution is 2.26. The zero-order chi connectivity index (χ0) is 21.0. The third kappa shape index (κ3) is 4.43. The summed E-state index contributed by atoms with van der Waals surface area (Å²) in [5.41, 5.74) is 0.154. The van der Waals surface area contributed by atoms with Crippen molar-refractivity contribution in [1.29, 1.82) is 0 Å². The molecule has 0 bridgehead atoms. The highest BCUT2D eigenvalue weighted by atomic mass is 19.1. The van der Waals surface area contributed by atoms with Crippen LogP contribution in [0.25, 0.3) is 11.3 Å². The second kappa shape index (κ2) is 8.30. The van der Waals surface area contributed by atoms with E-state index in [1.54, 1.807) is 30.3 Å². The molecule has 0 saturated heterocycles. The van der Waals surface area contributed by atoms with Crippen LogP contribution in [0.4, 0.5) is 15.8 Å². The second-order valence-corrected chi connectivity index (χ2v) is 5.87. The molecule has 0 aliphatic rings. The van der Waals surface area contributed by atoms with E-state index in [0.717, 1.165) is 18.2 Å². The number of carbonyl (C=O) groups is 2. The van der Waals surface area contributed by atoms with Gasteiger partial charge in [-0.3, -0.25) is 14.9 Å². The Morgan fingerprint density at radius 1 is 1.24 bits per heavy atom. The zero-order valence-corrected chi connectivity index (χ0v) is 15.0. The Morgan fingerprint density at radius 3 is 2.66 bits per heavy atom. The summed E-state index contributed by atoms with van der Waals surface area (Å²) < 4.78 is 23.8. The smallest absolute Gasteiger partial charge is 0.344 e. The van der Waals surface area contributed by atoms with Crippen molar-refractivity contribution >= 4 is 23.3 Å². The van der Waals surface area contributed by atoms with Crippen LogP contribution >= 0.6 is 0 Å². The largest absolute Gasteiger partial charge is 0.452 e. The van der Waals surface area contributed by atoms with Crippen LogP contribution < -0.4 is 5.32 Å². The van der Waals surface area contributed by atoms with Crippen molar-refractivity contribution in [3.63, 3.8) is 0 Å². The maximum absolute atomic E-state index is 13.7. The maximum atomic E-state index is 13.7. The average molecular weight is 399 g/mol. The summed E-state index contributed by atoms with van der Waals surface area (Å²) in [5, 5.41) is 16.7. The predicted octanol–water partition coefficient (Wildman–Crippen LogP) is 3.49. The summed E-state index contributed by atoms with van der Waals surface area (Å²) in [7, 11) is 0. The van der Waals surface area contributed by atoms with Crippen LogP contribution in [0.5, 0.6) is 0 Å². The van der Waals surface area contributed by atoms with Gasteiger partial charge in [0.15, 0.2) is 6.61 Å². The van der Waals surface area contributed by atoms with Crippen LogP contribution in [-0.2, 0) is 9.53 Å². The number of anilines is 1. The summed E-state index contributed by atoms with van der Waals surface area (Å²) in [5.74, 6) is -2.37. The molecular formula is C19H14FN3O6. The molecule has 0 radical (unpaired) electrons. The number of amides is 1. The van der Waals surface area contributed by atoms with E-state index in [1.165, 1.54) is 6.92 Å². The third-order valence-electron chi connectivity index (χ3n) is 3.88. The molecule has 0 fully saturated rings. The Kier molecular flexibility index (Phi) is 5.63. The van der Waals surface area contributed by atoms with E-state index in [-0.39, 0.29) is 17.0 Å². The fourth-order valence-electron chi connectivity index (χ4n) is 2.52. The van der Waals surface area contributed by atoms with Crippen molar-refractivity contribution in [1.82, 2.24) is 5.16 Å². The van der Waals surface area contributed by atoms with Gasteiger partial charge < -0.3 is 14.6 Å². The normalized spacial score (nSPS) is 10.4. The number of hydrogen-bond donors (Lipinski definition) is 1. The predicted molar refractivity (Wildman–Crippen MR) is 98.6 cm³/mol. The SMILES string of the molecule is Cc1onc(-c2ccccc2)c1C(=O)OCC(=O)Nc1cc([N+](=O)[O-])ccc1F. The molecule has 0 saturated carbocycles. The van der Waals surface area contributed by atoms with Gasteiger partial charge in [0.2, 0.25) is 0 Å². The number of nitrogens with zero attached hydrogens (tertiary/aromatic N) is 2. The molecule has 0 aliphatic carbocycles. The molecule has 29 heavy (non-hydrogen) atoms. The molecule has 1 heterocycles. The molecular weight excluding hydrogens is 385 g/mol. The van der Waals surface area contributed by atoms with Crippen LogP contribution in [0.3, 0.4) is 0 Å². The highest BCUT2D eigenvalue weighted by molar-refractivity contribution is 5.99. The minimum Gasteiger partial charge on any atom is -0.452 e. The lowest BCUT2D eigenvalue weighted by Gasteiger charge is -2.08.